The number of aromatic nitrogens is 1. The predicted octanol–water partition coefficient (Wildman–Crippen LogP) is 2.60. The van der Waals surface area contributed by atoms with Crippen molar-refractivity contribution in [3.63, 3.8) is 0 Å². The summed E-state index contributed by atoms with van der Waals surface area (Å²) in [4.78, 5) is 4.22. The SMILES string of the molecule is CC1(C#N)C=Cc2ncccc2C1.Cl. The van der Waals surface area contributed by atoms with Gasteiger partial charge in [-0.2, -0.15) is 5.26 Å². The van der Waals surface area contributed by atoms with Gasteiger partial charge in [0.2, 0.25) is 0 Å². The molecule has 0 aromatic carbocycles. The molecule has 0 fully saturated rings. The summed E-state index contributed by atoms with van der Waals surface area (Å²) in [6, 6.07) is 6.25. The monoisotopic (exact) mass is 206 g/mol. The second-order valence-electron chi connectivity index (χ2n) is 3.59. The molecule has 0 bridgehead atoms. The lowest BCUT2D eigenvalue weighted by Crippen LogP contribution is -2.18. The third-order valence-electron chi connectivity index (χ3n) is 2.35. The van der Waals surface area contributed by atoms with Crippen molar-refractivity contribution in [2.75, 3.05) is 0 Å². The molecule has 1 aromatic rings. The fourth-order valence-electron chi connectivity index (χ4n) is 1.54. The van der Waals surface area contributed by atoms with Gasteiger partial charge >= 0.3 is 0 Å². The van der Waals surface area contributed by atoms with Gasteiger partial charge in [0.05, 0.1) is 17.2 Å². The van der Waals surface area contributed by atoms with Crippen LogP contribution in [0, 0.1) is 16.7 Å². The molecule has 0 spiro atoms. The molecular formula is C11H11ClN2. The predicted molar refractivity (Wildman–Crippen MR) is 57.9 cm³/mol. The average molecular weight is 207 g/mol. The summed E-state index contributed by atoms with van der Waals surface area (Å²) >= 11 is 0. The summed E-state index contributed by atoms with van der Waals surface area (Å²) in [7, 11) is 0. The third-order valence-corrected chi connectivity index (χ3v) is 2.35. The Bertz CT molecular complexity index is 406. The van der Waals surface area contributed by atoms with Gasteiger partial charge in [0.15, 0.2) is 0 Å². The minimum absolute atomic E-state index is 0. The van der Waals surface area contributed by atoms with Crippen molar-refractivity contribution < 1.29 is 0 Å². The fourth-order valence-corrected chi connectivity index (χ4v) is 1.54. The highest BCUT2D eigenvalue weighted by molar-refractivity contribution is 5.85. The summed E-state index contributed by atoms with van der Waals surface area (Å²) in [5, 5.41) is 8.95. The molecule has 1 unspecified atom stereocenters. The van der Waals surface area contributed by atoms with Crippen molar-refractivity contribution in [1.82, 2.24) is 4.98 Å². The summed E-state index contributed by atoms with van der Waals surface area (Å²) in [5.74, 6) is 0. The van der Waals surface area contributed by atoms with Gasteiger partial charge < -0.3 is 0 Å². The highest BCUT2D eigenvalue weighted by atomic mass is 35.5. The lowest BCUT2D eigenvalue weighted by Gasteiger charge is -2.21. The van der Waals surface area contributed by atoms with Gasteiger partial charge in [-0.3, -0.25) is 4.98 Å². The normalized spacial score (nSPS) is 23.1. The Morgan fingerprint density at radius 1 is 1.57 bits per heavy atom. The lowest BCUT2D eigenvalue weighted by molar-refractivity contribution is 0.558. The molecule has 1 aliphatic rings. The van der Waals surface area contributed by atoms with Crippen LogP contribution < -0.4 is 0 Å². The number of nitriles is 1. The fraction of sp³-hybridized carbons (Fsp3) is 0.273. The van der Waals surface area contributed by atoms with Gasteiger partial charge in [0.25, 0.3) is 0 Å². The minimum atomic E-state index is -0.351. The van der Waals surface area contributed by atoms with Crippen molar-refractivity contribution in [3.05, 3.63) is 35.7 Å². The number of hydrogen-bond acceptors (Lipinski definition) is 2. The van der Waals surface area contributed by atoms with Crippen LogP contribution in [0.4, 0.5) is 0 Å². The maximum atomic E-state index is 8.95. The zero-order chi connectivity index (χ0) is 9.31. The van der Waals surface area contributed by atoms with Gasteiger partial charge in [0.1, 0.15) is 0 Å². The molecule has 2 nitrogen and oxygen atoms in total. The molecule has 1 aliphatic carbocycles. The van der Waals surface area contributed by atoms with Crippen LogP contribution in [-0.2, 0) is 6.42 Å². The molecule has 1 atom stereocenters. The number of fused-ring (bicyclic) bond motifs is 1. The maximum Gasteiger partial charge on any atom is 0.0770 e. The van der Waals surface area contributed by atoms with E-state index in [0.717, 1.165) is 17.7 Å². The Morgan fingerprint density at radius 2 is 2.36 bits per heavy atom. The smallest absolute Gasteiger partial charge is 0.0770 e. The molecule has 0 saturated heterocycles. The number of nitrogens with zero attached hydrogens (tertiary/aromatic N) is 2. The van der Waals surface area contributed by atoms with E-state index >= 15 is 0 Å². The number of halogens is 1. The summed E-state index contributed by atoms with van der Waals surface area (Å²) < 4.78 is 0. The first-order valence-electron chi connectivity index (χ1n) is 4.28. The zero-order valence-corrected chi connectivity index (χ0v) is 8.71. The van der Waals surface area contributed by atoms with E-state index in [1.807, 2.05) is 31.2 Å². The molecule has 14 heavy (non-hydrogen) atoms. The Hall–Kier alpha value is -1.33. The van der Waals surface area contributed by atoms with Crippen LogP contribution in [0.3, 0.4) is 0 Å². The Kier molecular flexibility index (Phi) is 2.93. The third kappa shape index (κ3) is 1.78. The van der Waals surface area contributed by atoms with Crippen molar-refractivity contribution in [2.45, 2.75) is 13.3 Å². The molecule has 2 rings (SSSR count). The van der Waals surface area contributed by atoms with E-state index in [4.69, 9.17) is 5.26 Å². The van der Waals surface area contributed by atoms with E-state index in [1.165, 1.54) is 0 Å². The summed E-state index contributed by atoms with van der Waals surface area (Å²) in [5.41, 5.74) is 1.81. The van der Waals surface area contributed by atoms with Crippen LogP contribution in [0.1, 0.15) is 18.2 Å². The molecule has 1 aromatic heterocycles. The van der Waals surface area contributed by atoms with Gasteiger partial charge in [0, 0.05) is 6.20 Å². The average Bonchev–Trinajstić information content (AvgIpc) is 2.18. The molecule has 0 radical (unpaired) electrons. The van der Waals surface area contributed by atoms with Crippen molar-refractivity contribution >= 4 is 18.5 Å². The zero-order valence-electron chi connectivity index (χ0n) is 7.90. The molecule has 3 heteroatoms. The Morgan fingerprint density at radius 3 is 3.07 bits per heavy atom. The van der Waals surface area contributed by atoms with Crippen molar-refractivity contribution in [3.8, 4) is 6.07 Å². The molecule has 72 valence electrons. The molecule has 0 amide bonds. The van der Waals surface area contributed by atoms with E-state index in [0.29, 0.717) is 0 Å². The molecule has 0 N–H and O–H groups in total. The first kappa shape index (κ1) is 10.7. The van der Waals surface area contributed by atoms with E-state index < -0.39 is 0 Å². The van der Waals surface area contributed by atoms with Gasteiger partial charge in [-0.25, -0.2) is 0 Å². The number of hydrogen-bond donors (Lipinski definition) is 0. The highest BCUT2D eigenvalue weighted by Crippen LogP contribution is 2.30. The Balaban J connectivity index is 0.000000980. The largest absolute Gasteiger partial charge is 0.257 e. The maximum absolute atomic E-state index is 8.95. The van der Waals surface area contributed by atoms with Crippen molar-refractivity contribution in [2.24, 2.45) is 5.41 Å². The lowest BCUT2D eigenvalue weighted by atomic mass is 9.81. The Labute approximate surface area is 89.7 Å². The minimum Gasteiger partial charge on any atom is -0.257 e. The molecule has 0 aliphatic heterocycles. The van der Waals surface area contributed by atoms with Crippen LogP contribution in [0.25, 0.3) is 6.08 Å². The van der Waals surface area contributed by atoms with Crippen LogP contribution >= 0.6 is 12.4 Å². The summed E-state index contributed by atoms with van der Waals surface area (Å²) in [6.45, 7) is 1.94. The standard InChI is InChI=1S/C11H10N2.ClH/c1-11(8-12)5-4-10-9(7-11)3-2-6-13-10;/h2-6H,7H2,1H3;1H. The molecule has 1 heterocycles. The van der Waals surface area contributed by atoms with Crippen LogP contribution in [0.15, 0.2) is 24.4 Å². The first-order chi connectivity index (χ1) is 6.23. The van der Waals surface area contributed by atoms with Crippen LogP contribution in [0.2, 0.25) is 0 Å². The van der Waals surface area contributed by atoms with E-state index in [9.17, 15) is 0 Å². The summed E-state index contributed by atoms with van der Waals surface area (Å²) in [6.07, 6.45) is 6.41. The van der Waals surface area contributed by atoms with Gasteiger partial charge in [-0.15, -0.1) is 12.4 Å². The van der Waals surface area contributed by atoms with E-state index in [1.54, 1.807) is 6.20 Å². The van der Waals surface area contributed by atoms with Crippen molar-refractivity contribution in [1.29, 1.82) is 5.26 Å². The van der Waals surface area contributed by atoms with Crippen LogP contribution in [0.5, 0.6) is 0 Å². The van der Waals surface area contributed by atoms with E-state index in [2.05, 4.69) is 11.1 Å². The van der Waals surface area contributed by atoms with E-state index in [-0.39, 0.29) is 17.8 Å². The number of allylic oxidation sites excluding steroid dienone is 1. The number of rotatable bonds is 0. The number of pyridine rings is 1. The topological polar surface area (TPSA) is 36.7 Å². The molecule has 0 saturated carbocycles. The van der Waals surface area contributed by atoms with Crippen LogP contribution in [-0.4, -0.2) is 4.98 Å². The quantitative estimate of drug-likeness (QED) is 0.654. The second-order valence-corrected chi connectivity index (χ2v) is 3.59. The second kappa shape index (κ2) is 3.81. The first-order valence-corrected chi connectivity index (χ1v) is 4.28. The van der Waals surface area contributed by atoms with Gasteiger partial charge in [-0.1, -0.05) is 12.1 Å². The molecular weight excluding hydrogens is 196 g/mol. The highest BCUT2D eigenvalue weighted by Gasteiger charge is 2.25. The van der Waals surface area contributed by atoms with Gasteiger partial charge in [-0.05, 0) is 31.1 Å².